The van der Waals surface area contributed by atoms with Crippen LogP contribution in [0.15, 0.2) is 24.3 Å². The second-order valence-corrected chi connectivity index (χ2v) is 4.31. The van der Waals surface area contributed by atoms with E-state index in [0.717, 1.165) is 18.6 Å². The Labute approximate surface area is 107 Å². The first kappa shape index (κ1) is 13.1. The van der Waals surface area contributed by atoms with Gasteiger partial charge in [0.15, 0.2) is 5.78 Å². The molecule has 4 nitrogen and oxygen atoms in total. The summed E-state index contributed by atoms with van der Waals surface area (Å²) < 4.78 is 15.7. The Morgan fingerprint density at radius 1 is 1.33 bits per heavy atom. The summed E-state index contributed by atoms with van der Waals surface area (Å²) >= 11 is 0. The third-order valence-electron chi connectivity index (χ3n) is 2.65. The zero-order valence-corrected chi connectivity index (χ0v) is 10.6. The number of rotatable bonds is 8. The summed E-state index contributed by atoms with van der Waals surface area (Å²) in [6.45, 7) is 1.01. The highest BCUT2D eigenvalue weighted by molar-refractivity contribution is 5.97. The van der Waals surface area contributed by atoms with Crippen LogP contribution in [0.1, 0.15) is 23.2 Å². The summed E-state index contributed by atoms with van der Waals surface area (Å²) in [5.74, 6) is 0.729. The predicted octanol–water partition coefficient (Wildman–Crippen LogP) is 2.07. The van der Waals surface area contributed by atoms with Gasteiger partial charge in [0.1, 0.15) is 12.4 Å². The van der Waals surface area contributed by atoms with Gasteiger partial charge in [-0.2, -0.15) is 0 Å². The average molecular weight is 250 g/mol. The summed E-state index contributed by atoms with van der Waals surface area (Å²) in [7, 11) is 1.60. The van der Waals surface area contributed by atoms with E-state index in [1.807, 2.05) is 12.1 Å². The predicted molar refractivity (Wildman–Crippen MR) is 67.1 cm³/mol. The van der Waals surface area contributed by atoms with Crippen molar-refractivity contribution in [1.82, 2.24) is 0 Å². The Hall–Kier alpha value is -1.39. The van der Waals surface area contributed by atoms with E-state index in [-0.39, 0.29) is 12.4 Å². The van der Waals surface area contributed by atoms with E-state index in [2.05, 4.69) is 0 Å². The Morgan fingerprint density at radius 3 is 2.89 bits per heavy atom. The summed E-state index contributed by atoms with van der Waals surface area (Å²) in [4.78, 5) is 11.8. The smallest absolute Gasteiger partial charge is 0.188 e. The lowest BCUT2D eigenvalue weighted by atomic mass is 10.1. The SMILES string of the molecule is COCCOCC(=O)c1cccc(OC2CC2)c1. The number of methoxy groups -OCH3 is 1. The lowest BCUT2D eigenvalue weighted by Crippen LogP contribution is -2.12. The maximum absolute atomic E-state index is 11.8. The Morgan fingerprint density at radius 2 is 2.17 bits per heavy atom. The first-order chi connectivity index (χ1) is 8.79. The van der Waals surface area contributed by atoms with Crippen molar-refractivity contribution in [1.29, 1.82) is 0 Å². The molecule has 1 aliphatic carbocycles. The first-order valence-corrected chi connectivity index (χ1v) is 6.16. The van der Waals surface area contributed by atoms with Crippen LogP contribution in [0.5, 0.6) is 5.75 Å². The number of Topliss-reactive ketones (excluding diaryl/α,β-unsaturated/α-hetero) is 1. The van der Waals surface area contributed by atoms with Crippen molar-refractivity contribution in [2.24, 2.45) is 0 Å². The van der Waals surface area contributed by atoms with Crippen LogP contribution in [0, 0.1) is 0 Å². The number of ether oxygens (including phenoxy) is 3. The van der Waals surface area contributed by atoms with Crippen molar-refractivity contribution in [3.63, 3.8) is 0 Å². The molecule has 4 heteroatoms. The normalized spacial score (nSPS) is 14.5. The van der Waals surface area contributed by atoms with Crippen molar-refractivity contribution in [2.75, 3.05) is 26.9 Å². The van der Waals surface area contributed by atoms with Crippen molar-refractivity contribution in [3.05, 3.63) is 29.8 Å². The zero-order chi connectivity index (χ0) is 12.8. The van der Waals surface area contributed by atoms with E-state index in [4.69, 9.17) is 14.2 Å². The summed E-state index contributed by atoms with van der Waals surface area (Å²) in [6, 6.07) is 7.27. The molecular weight excluding hydrogens is 232 g/mol. The van der Waals surface area contributed by atoms with Crippen LogP contribution in [0.2, 0.25) is 0 Å². The second kappa shape index (κ2) is 6.52. The first-order valence-electron chi connectivity index (χ1n) is 6.16. The van der Waals surface area contributed by atoms with Crippen molar-refractivity contribution >= 4 is 5.78 Å². The maximum atomic E-state index is 11.8. The summed E-state index contributed by atoms with van der Waals surface area (Å²) in [5, 5.41) is 0. The number of hydrogen-bond donors (Lipinski definition) is 0. The third kappa shape index (κ3) is 4.13. The molecule has 98 valence electrons. The van der Waals surface area contributed by atoms with Gasteiger partial charge in [0.2, 0.25) is 0 Å². The topological polar surface area (TPSA) is 44.8 Å². The highest BCUT2D eigenvalue weighted by Crippen LogP contribution is 2.27. The maximum Gasteiger partial charge on any atom is 0.188 e. The molecule has 0 spiro atoms. The molecule has 0 N–H and O–H groups in total. The van der Waals surface area contributed by atoms with E-state index < -0.39 is 0 Å². The lowest BCUT2D eigenvalue weighted by molar-refractivity contribution is 0.0576. The monoisotopic (exact) mass is 250 g/mol. The van der Waals surface area contributed by atoms with Crippen molar-refractivity contribution in [3.8, 4) is 5.75 Å². The lowest BCUT2D eigenvalue weighted by Gasteiger charge is -2.07. The molecule has 1 aromatic rings. The van der Waals surface area contributed by atoms with Crippen LogP contribution in [0.3, 0.4) is 0 Å². The molecule has 1 fully saturated rings. The number of hydrogen-bond acceptors (Lipinski definition) is 4. The van der Waals surface area contributed by atoms with Crippen molar-refractivity contribution < 1.29 is 19.0 Å². The number of ketones is 1. The molecule has 0 heterocycles. The fourth-order valence-corrected chi connectivity index (χ4v) is 1.51. The van der Waals surface area contributed by atoms with Gasteiger partial charge in [-0.05, 0) is 25.0 Å². The minimum Gasteiger partial charge on any atom is -0.490 e. The van der Waals surface area contributed by atoms with Crippen LogP contribution in [-0.2, 0) is 9.47 Å². The number of carbonyl (C=O) groups excluding carboxylic acids is 1. The van der Waals surface area contributed by atoms with E-state index in [9.17, 15) is 4.79 Å². The standard InChI is InChI=1S/C14H18O4/c1-16-7-8-17-10-14(15)11-3-2-4-13(9-11)18-12-5-6-12/h2-4,9,12H,5-8,10H2,1H3. The molecule has 0 aromatic heterocycles. The summed E-state index contributed by atoms with van der Waals surface area (Å²) in [5.41, 5.74) is 0.630. The number of benzene rings is 1. The Bertz CT molecular complexity index is 399. The highest BCUT2D eigenvalue weighted by Gasteiger charge is 2.23. The molecule has 0 unspecified atom stereocenters. The van der Waals surface area contributed by atoms with Gasteiger partial charge in [-0.1, -0.05) is 12.1 Å². The molecule has 1 aromatic carbocycles. The van der Waals surface area contributed by atoms with Gasteiger partial charge in [0.05, 0.1) is 19.3 Å². The minimum absolute atomic E-state index is 0.0349. The van der Waals surface area contributed by atoms with Crippen LogP contribution in [-0.4, -0.2) is 38.8 Å². The Kier molecular flexibility index (Phi) is 4.73. The van der Waals surface area contributed by atoms with Crippen LogP contribution in [0.4, 0.5) is 0 Å². The molecule has 1 saturated carbocycles. The van der Waals surface area contributed by atoms with Crippen LogP contribution >= 0.6 is 0 Å². The molecule has 0 aliphatic heterocycles. The second-order valence-electron chi connectivity index (χ2n) is 4.31. The van der Waals surface area contributed by atoms with Gasteiger partial charge < -0.3 is 14.2 Å². The van der Waals surface area contributed by atoms with E-state index in [1.54, 1.807) is 19.2 Å². The van der Waals surface area contributed by atoms with Gasteiger partial charge in [0, 0.05) is 12.7 Å². The molecule has 18 heavy (non-hydrogen) atoms. The molecule has 0 radical (unpaired) electrons. The minimum atomic E-state index is -0.0349. The van der Waals surface area contributed by atoms with Gasteiger partial charge >= 0.3 is 0 Å². The van der Waals surface area contributed by atoms with Gasteiger partial charge in [-0.15, -0.1) is 0 Å². The van der Waals surface area contributed by atoms with Gasteiger partial charge in [0.25, 0.3) is 0 Å². The number of carbonyl (C=O) groups is 1. The molecule has 1 aliphatic rings. The van der Waals surface area contributed by atoms with Gasteiger partial charge in [-0.25, -0.2) is 0 Å². The highest BCUT2D eigenvalue weighted by atomic mass is 16.5. The Balaban J connectivity index is 1.84. The fourth-order valence-electron chi connectivity index (χ4n) is 1.51. The molecule has 2 rings (SSSR count). The van der Waals surface area contributed by atoms with E-state index >= 15 is 0 Å². The largest absolute Gasteiger partial charge is 0.490 e. The van der Waals surface area contributed by atoms with Crippen LogP contribution < -0.4 is 4.74 Å². The molecule has 0 bridgehead atoms. The summed E-state index contributed by atoms with van der Waals surface area (Å²) in [6.07, 6.45) is 2.56. The zero-order valence-electron chi connectivity index (χ0n) is 10.6. The van der Waals surface area contributed by atoms with Crippen molar-refractivity contribution in [2.45, 2.75) is 18.9 Å². The van der Waals surface area contributed by atoms with E-state index in [0.29, 0.717) is 24.9 Å². The molecular formula is C14H18O4. The third-order valence-corrected chi connectivity index (χ3v) is 2.65. The van der Waals surface area contributed by atoms with Crippen LogP contribution in [0.25, 0.3) is 0 Å². The fraction of sp³-hybridized carbons (Fsp3) is 0.500. The quantitative estimate of drug-likeness (QED) is 0.523. The molecule has 0 amide bonds. The van der Waals surface area contributed by atoms with Gasteiger partial charge in [-0.3, -0.25) is 4.79 Å². The van der Waals surface area contributed by atoms with E-state index in [1.165, 1.54) is 0 Å². The average Bonchev–Trinajstić information content (AvgIpc) is 3.19. The molecule has 0 saturated heterocycles. The molecule has 0 atom stereocenters.